The SMILES string of the molecule is Cc1cc(OCC(C)C)c(CNCC(C)C)cn1. The first-order valence-corrected chi connectivity index (χ1v) is 6.78. The van der Waals surface area contributed by atoms with Gasteiger partial charge in [0.05, 0.1) is 6.61 Å². The Morgan fingerprint density at radius 3 is 2.56 bits per heavy atom. The molecule has 1 rings (SSSR count). The molecular weight excluding hydrogens is 224 g/mol. The normalized spacial score (nSPS) is 11.3. The molecule has 0 aliphatic heterocycles. The monoisotopic (exact) mass is 250 g/mol. The Labute approximate surface area is 111 Å². The maximum atomic E-state index is 5.86. The Morgan fingerprint density at radius 1 is 1.22 bits per heavy atom. The highest BCUT2D eigenvalue weighted by Crippen LogP contribution is 2.19. The lowest BCUT2D eigenvalue weighted by atomic mass is 10.2. The number of nitrogens with zero attached hydrogens (tertiary/aromatic N) is 1. The first-order chi connectivity index (χ1) is 8.49. The molecule has 102 valence electrons. The number of ether oxygens (including phenoxy) is 1. The van der Waals surface area contributed by atoms with Crippen molar-refractivity contribution in [3.05, 3.63) is 23.5 Å². The summed E-state index contributed by atoms with van der Waals surface area (Å²) in [5.74, 6) is 2.16. The molecule has 0 spiro atoms. The quantitative estimate of drug-likeness (QED) is 0.807. The highest BCUT2D eigenvalue weighted by atomic mass is 16.5. The minimum absolute atomic E-state index is 0.537. The largest absolute Gasteiger partial charge is 0.493 e. The summed E-state index contributed by atoms with van der Waals surface area (Å²) >= 11 is 0. The molecule has 0 aliphatic rings. The lowest BCUT2D eigenvalue weighted by Gasteiger charge is -2.14. The summed E-state index contributed by atoms with van der Waals surface area (Å²) in [6.45, 7) is 13.3. The second-order valence-corrected chi connectivity index (χ2v) is 5.66. The molecule has 1 aromatic heterocycles. The molecule has 0 fully saturated rings. The van der Waals surface area contributed by atoms with Gasteiger partial charge in [0.15, 0.2) is 0 Å². The van der Waals surface area contributed by atoms with E-state index in [1.165, 1.54) is 0 Å². The second kappa shape index (κ2) is 7.37. The fourth-order valence-corrected chi connectivity index (χ4v) is 1.58. The van der Waals surface area contributed by atoms with Crippen LogP contribution in [0.4, 0.5) is 0 Å². The van der Waals surface area contributed by atoms with E-state index >= 15 is 0 Å². The van der Waals surface area contributed by atoms with Gasteiger partial charge in [-0.1, -0.05) is 27.7 Å². The number of nitrogens with one attached hydrogen (secondary N) is 1. The van der Waals surface area contributed by atoms with E-state index in [9.17, 15) is 0 Å². The molecule has 3 heteroatoms. The molecule has 0 bridgehead atoms. The van der Waals surface area contributed by atoms with Gasteiger partial charge in [0, 0.05) is 30.1 Å². The molecule has 3 nitrogen and oxygen atoms in total. The van der Waals surface area contributed by atoms with Crippen molar-refractivity contribution in [1.29, 1.82) is 0 Å². The van der Waals surface area contributed by atoms with E-state index in [2.05, 4.69) is 38.0 Å². The number of aromatic nitrogens is 1. The van der Waals surface area contributed by atoms with Gasteiger partial charge in [-0.15, -0.1) is 0 Å². The fourth-order valence-electron chi connectivity index (χ4n) is 1.58. The molecule has 1 heterocycles. The van der Waals surface area contributed by atoms with Gasteiger partial charge in [-0.25, -0.2) is 0 Å². The van der Waals surface area contributed by atoms with Gasteiger partial charge in [0.25, 0.3) is 0 Å². The Morgan fingerprint density at radius 2 is 1.94 bits per heavy atom. The summed E-state index contributed by atoms with van der Waals surface area (Å²) in [5.41, 5.74) is 2.14. The Kier molecular flexibility index (Phi) is 6.13. The lowest BCUT2D eigenvalue weighted by Crippen LogP contribution is -2.20. The topological polar surface area (TPSA) is 34.1 Å². The standard InChI is InChI=1S/C15H26N2O/c1-11(2)7-16-8-14-9-17-13(5)6-15(14)18-10-12(3)4/h6,9,11-12,16H,7-8,10H2,1-5H3. The molecule has 0 aromatic carbocycles. The predicted octanol–water partition coefficient (Wildman–Crippen LogP) is 3.17. The van der Waals surface area contributed by atoms with E-state index in [1.807, 2.05) is 19.2 Å². The third-order valence-electron chi connectivity index (χ3n) is 2.52. The van der Waals surface area contributed by atoms with Gasteiger partial charge < -0.3 is 10.1 Å². The Balaban J connectivity index is 2.64. The molecule has 0 amide bonds. The van der Waals surface area contributed by atoms with E-state index in [-0.39, 0.29) is 0 Å². The molecule has 0 aliphatic carbocycles. The molecule has 0 unspecified atom stereocenters. The minimum atomic E-state index is 0.537. The van der Waals surface area contributed by atoms with Crippen molar-refractivity contribution in [2.75, 3.05) is 13.2 Å². The van der Waals surface area contributed by atoms with Gasteiger partial charge in [-0.3, -0.25) is 4.98 Å². The lowest BCUT2D eigenvalue weighted by molar-refractivity contribution is 0.267. The average molecular weight is 250 g/mol. The number of rotatable bonds is 7. The van der Waals surface area contributed by atoms with E-state index in [0.717, 1.165) is 36.7 Å². The van der Waals surface area contributed by atoms with E-state index < -0.39 is 0 Å². The van der Waals surface area contributed by atoms with Crippen molar-refractivity contribution in [3.8, 4) is 5.75 Å². The van der Waals surface area contributed by atoms with E-state index in [0.29, 0.717) is 11.8 Å². The van der Waals surface area contributed by atoms with Crippen LogP contribution < -0.4 is 10.1 Å². The van der Waals surface area contributed by atoms with Gasteiger partial charge in [-0.05, 0) is 25.3 Å². The third-order valence-corrected chi connectivity index (χ3v) is 2.52. The summed E-state index contributed by atoms with van der Waals surface area (Å²) < 4.78 is 5.86. The first kappa shape index (κ1) is 15.0. The van der Waals surface area contributed by atoms with Crippen LogP contribution in [0.3, 0.4) is 0 Å². The van der Waals surface area contributed by atoms with Gasteiger partial charge in [0.1, 0.15) is 5.75 Å². The van der Waals surface area contributed by atoms with Crippen molar-refractivity contribution in [1.82, 2.24) is 10.3 Å². The molecule has 0 atom stereocenters. The first-order valence-electron chi connectivity index (χ1n) is 6.78. The molecule has 1 N–H and O–H groups in total. The van der Waals surface area contributed by atoms with Crippen LogP contribution in [0.15, 0.2) is 12.3 Å². The molecule has 1 aromatic rings. The van der Waals surface area contributed by atoms with Crippen LogP contribution >= 0.6 is 0 Å². The maximum absolute atomic E-state index is 5.86. The summed E-state index contributed by atoms with van der Waals surface area (Å²) in [5, 5.41) is 3.43. The second-order valence-electron chi connectivity index (χ2n) is 5.66. The Hall–Kier alpha value is -1.09. The van der Waals surface area contributed by atoms with Crippen LogP contribution in [0.2, 0.25) is 0 Å². The third kappa shape index (κ3) is 5.50. The van der Waals surface area contributed by atoms with Crippen molar-refractivity contribution in [2.24, 2.45) is 11.8 Å². The van der Waals surface area contributed by atoms with Gasteiger partial charge in [-0.2, -0.15) is 0 Å². The molecule has 18 heavy (non-hydrogen) atoms. The summed E-state index contributed by atoms with van der Waals surface area (Å²) in [6.07, 6.45) is 1.92. The number of hydrogen-bond donors (Lipinski definition) is 1. The summed E-state index contributed by atoms with van der Waals surface area (Å²) in [4.78, 5) is 4.34. The van der Waals surface area contributed by atoms with Crippen LogP contribution in [0.5, 0.6) is 5.75 Å². The van der Waals surface area contributed by atoms with Crippen LogP contribution in [0.25, 0.3) is 0 Å². The van der Waals surface area contributed by atoms with Crippen molar-refractivity contribution in [3.63, 3.8) is 0 Å². The summed E-state index contributed by atoms with van der Waals surface area (Å²) in [7, 11) is 0. The van der Waals surface area contributed by atoms with Crippen LogP contribution in [0, 0.1) is 18.8 Å². The average Bonchev–Trinajstić information content (AvgIpc) is 2.28. The zero-order valence-electron chi connectivity index (χ0n) is 12.3. The number of aryl methyl sites for hydroxylation is 1. The van der Waals surface area contributed by atoms with Crippen molar-refractivity contribution >= 4 is 0 Å². The summed E-state index contributed by atoms with van der Waals surface area (Å²) in [6, 6.07) is 2.02. The Bertz CT molecular complexity index is 362. The van der Waals surface area contributed by atoms with E-state index in [4.69, 9.17) is 4.74 Å². The van der Waals surface area contributed by atoms with Gasteiger partial charge >= 0.3 is 0 Å². The number of pyridine rings is 1. The highest BCUT2D eigenvalue weighted by molar-refractivity contribution is 5.32. The molecule has 0 radical (unpaired) electrons. The van der Waals surface area contributed by atoms with E-state index in [1.54, 1.807) is 0 Å². The molecule has 0 saturated heterocycles. The highest BCUT2D eigenvalue weighted by Gasteiger charge is 2.06. The smallest absolute Gasteiger partial charge is 0.127 e. The fraction of sp³-hybridized carbons (Fsp3) is 0.667. The van der Waals surface area contributed by atoms with Crippen LogP contribution in [-0.4, -0.2) is 18.1 Å². The van der Waals surface area contributed by atoms with Gasteiger partial charge in [0.2, 0.25) is 0 Å². The molecular formula is C15H26N2O. The molecule has 0 saturated carbocycles. The zero-order chi connectivity index (χ0) is 13.5. The van der Waals surface area contributed by atoms with Crippen LogP contribution in [-0.2, 0) is 6.54 Å². The maximum Gasteiger partial charge on any atom is 0.127 e. The minimum Gasteiger partial charge on any atom is -0.493 e. The van der Waals surface area contributed by atoms with Crippen molar-refractivity contribution in [2.45, 2.75) is 41.2 Å². The predicted molar refractivity (Wildman–Crippen MR) is 75.9 cm³/mol. The van der Waals surface area contributed by atoms with Crippen LogP contribution in [0.1, 0.15) is 39.0 Å². The van der Waals surface area contributed by atoms with Crippen molar-refractivity contribution < 1.29 is 4.74 Å². The number of hydrogen-bond acceptors (Lipinski definition) is 3. The zero-order valence-corrected chi connectivity index (χ0v) is 12.3.